The van der Waals surface area contributed by atoms with Crippen molar-refractivity contribution >= 4 is 23.4 Å². The number of nitrogen functional groups attached to an aromatic ring is 1. The van der Waals surface area contributed by atoms with Crippen LogP contribution in [0.3, 0.4) is 0 Å². The summed E-state index contributed by atoms with van der Waals surface area (Å²) < 4.78 is 0. The molecule has 1 fully saturated rings. The SMILES string of the molecule is Nc1ccc(CC(=O)NCC2CCCCS2)nc1. The third kappa shape index (κ3) is 4.22. The summed E-state index contributed by atoms with van der Waals surface area (Å²) in [6, 6.07) is 3.57. The Bertz CT molecular complexity index is 388. The molecule has 0 spiro atoms. The largest absolute Gasteiger partial charge is 0.397 e. The highest BCUT2D eigenvalue weighted by atomic mass is 32.2. The fourth-order valence-electron chi connectivity index (χ4n) is 1.96. The number of pyridine rings is 1. The van der Waals surface area contributed by atoms with Crippen LogP contribution in [0.4, 0.5) is 5.69 Å². The monoisotopic (exact) mass is 265 g/mol. The van der Waals surface area contributed by atoms with Crippen LogP contribution in [0.25, 0.3) is 0 Å². The van der Waals surface area contributed by atoms with E-state index in [1.807, 2.05) is 11.8 Å². The fraction of sp³-hybridized carbons (Fsp3) is 0.538. The molecule has 0 saturated carbocycles. The number of aromatic nitrogens is 1. The Morgan fingerprint density at radius 3 is 3.06 bits per heavy atom. The van der Waals surface area contributed by atoms with Crippen molar-refractivity contribution in [3.63, 3.8) is 0 Å². The molecule has 18 heavy (non-hydrogen) atoms. The third-order valence-electron chi connectivity index (χ3n) is 2.99. The number of thioether (sulfide) groups is 1. The van der Waals surface area contributed by atoms with Crippen LogP contribution in [0.2, 0.25) is 0 Å². The molecule has 1 saturated heterocycles. The van der Waals surface area contributed by atoms with E-state index in [0.29, 0.717) is 17.4 Å². The van der Waals surface area contributed by atoms with Gasteiger partial charge in [0, 0.05) is 17.5 Å². The highest BCUT2D eigenvalue weighted by molar-refractivity contribution is 7.99. The molecule has 1 aliphatic rings. The van der Waals surface area contributed by atoms with E-state index in [1.54, 1.807) is 18.3 Å². The first-order valence-electron chi connectivity index (χ1n) is 6.33. The maximum Gasteiger partial charge on any atom is 0.226 e. The average molecular weight is 265 g/mol. The van der Waals surface area contributed by atoms with Crippen molar-refractivity contribution in [2.45, 2.75) is 30.9 Å². The Balaban J connectivity index is 1.73. The van der Waals surface area contributed by atoms with Crippen molar-refractivity contribution in [2.75, 3.05) is 18.0 Å². The first kappa shape index (κ1) is 13.2. The second-order valence-corrected chi connectivity index (χ2v) is 5.96. The van der Waals surface area contributed by atoms with Crippen LogP contribution in [0.1, 0.15) is 25.0 Å². The zero-order chi connectivity index (χ0) is 12.8. The molecule has 1 amide bonds. The summed E-state index contributed by atoms with van der Waals surface area (Å²) >= 11 is 1.97. The smallest absolute Gasteiger partial charge is 0.226 e. The number of nitrogens with two attached hydrogens (primary N) is 1. The number of hydrogen-bond acceptors (Lipinski definition) is 4. The maximum atomic E-state index is 11.7. The van der Waals surface area contributed by atoms with Crippen LogP contribution in [0, 0.1) is 0 Å². The quantitative estimate of drug-likeness (QED) is 0.868. The molecule has 1 unspecified atom stereocenters. The molecule has 1 aliphatic heterocycles. The lowest BCUT2D eigenvalue weighted by atomic mass is 10.2. The first-order chi connectivity index (χ1) is 8.74. The molecule has 1 aromatic rings. The van der Waals surface area contributed by atoms with Gasteiger partial charge < -0.3 is 11.1 Å². The number of hydrogen-bond donors (Lipinski definition) is 2. The lowest BCUT2D eigenvalue weighted by Crippen LogP contribution is -2.33. The van der Waals surface area contributed by atoms with Gasteiger partial charge in [0.25, 0.3) is 0 Å². The van der Waals surface area contributed by atoms with E-state index in [0.717, 1.165) is 12.2 Å². The van der Waals surface area contributed by atoms with E-state index in [1.165, 1.54) is 25.0 Å². The zero-order valence-corrected chi connectivity index (χ0v) is 11.2. The zero-order valence-electron chi connectivity index (χ0n) is 10.4. The summed E-state index contributed by atoms with van der Waals surface area (Å²) in [4.78, 5) is 15.9. The molecule has 1 aromatic heterocycles. The highest BCUT2D eigenvalue weighted by Crippen LogP contribution is 2.24. The Morgan fingerprint density at radius 2 is 2.39 bits per heavy atom. The van der Waals surface area contributed by atoms with Gasteiger partial charge in [-0.15, -0.1) is 0 Å². The molecule has 4 nitrogen and oxygen atoms in total. The Labute approximate surface area is 112 Å². The lowest BCUT2D eigenvalue weighted by Gasteiger charge is -2.21. The van der Waals surface area contributed by atoms with Gasteiger partial charge in [0.15, 0.2) is 0 Å². The van der Waals surface area contributed by atoms with E-state index in [4.69, 9.17) is 5.73 Å². The maximum absolute atomic E-state index is 11.7. The average Bonchev–Trinajstić information content (AvgIpc) is 2.40. The van der Waals surface area contributed by atoms with Crippen molar-refractivity contribution < 1.29 is 4.79 Å². The van der Waals surface area contributed by atoms with Crippen LogP contribution in [0.15, 0.2) is 18.3 Å². The number of nitrogens with one attached hydrogen (secondary N) is 1. The van der Waals surface area contributed by atoms with Gasteiger partial charge in [0.2, 0.25) is 5.91 Å². The van der Waals surface area contributed by atoms with Gasteiger partial charge in [0.05, 0.1) is 18.3 Å². The second-order valence-electron chi connectivity index (χ2n) is 4.55. The number of amides is 1. The normalized spacial score (nSPS) is 19.4. The van der Waals surface area contributed by atoms with Crippen molar-refractivity contribution in [3.05, 3.63) is 24.0 Å². The number of carbonyl (C=O) groups excluding carboxylic acids is 1. The first-order valence-corrected chi connectivity index (χ1v) is 7.37. The molecule has 98 valence electrons. The molecule has 0 aromatic carbocycles. The number of nitrogens with zero attached hydrogens (tertiary/aromatic N) is 1. The molecule has 1 atom stereocenters. The predicted octanol–water partition coefficient (Wildman–Crippen LogP) is 1.61. The number of carbonyl (C=O) groups is 1. The summed E-state index contributed by atoms with van der Waals surface area (Å²) in [5.41, 5.74) is 6.93. The Hall–Kier alpha value is -1.23. The van der Waals surface area contributed by atoms with Gasteiger partial charge in [-0.05, 0) is 30.7 Å². The number of rotatable bonds is 4. The van der Waals surface area contributed by atoms with Crippen molar-refractivity contribution in [1.82, 2.24) is 10.3 Å². The predicted molar refractivity (Wildman–Crippen MR) is 75.5 cm³/mol. The van der Waals surface area contributed by atoms with Crippen LogP contribution in [-0.2, 0) is 11.2 Å². The van der Waals surface area contributed by atoms with Gasteiger partial charge in [0.1, 0.15) is 0 Å². The lowest BCUT2D eigenvalue weighted by molar-refractivity contribution is -0.120. The fourth-order valence-corrected chi connectivity index (χ4v) is 3.20. The minimum atomic E-state index is 0.0402. The summed E-state index contributed by atoms with van der Waals surface area (Å²) in [7, 11) is 0. The molecule has 0 radical (unpaired) electrons. The van der Waals surface area contributed by atoms with Crippen LogP contribution in [-0.4, -0.2) is 28.4 Å². The molecule has 5 heteroatoms. The van der Waals surface area contributed by atoms with E-state index in [9.17, 15) is 4.79 Å². The summed E-state index contributed by atoms with van der Waals surface area (Å²) in [5, 5.41) is 3.57. The van der Waals surface area contributed by atoms with Crippen LogP contribution in [0.5, 0.6) is 0 Å². The molecule has 3 N–H and O–H groups in total. The summed E-state index contributed by atoms with van der Waals surface area (Å²) in [6.07, 6.45) is 5.72. The van der Waals surface area contributed by atoms with E-state index < -0.39 is 0 Å². The minimum Gasteiger partial charge on any atom is -0.397 e. The van der Waals surface area contributed by atoms with E-state index in [2.05, 4.69) is 10.3 Å². The van der Waals surface area contributed by atoms with Gasteiger partial charge in [-0.1, -0.05) is 6.42 Å². The molecular weight excluding hydrogens is 246 g/mol. The van der Waals surface area contributed by atoms with E-state index >= 15 is 0 Å². The standard InChI is InChI=1S/C13H19N3OS/c14-10-4-5-11(15-8-10)7-13(17)16-9-12-3-1-2-6-18-12/h4-5,8,12H,1-3,6-7,9,14H2,(H,16,17). The summed E-state index contributed by atoms with van der Waals surface area (Å²) in [5.74, 6) is 1.26. The minimum absolute atomic E-state index is 0.0402. The number of anilines is 1. The molecule has 0 bridgehead atoms. The van der Waals surface area contributed by atoms with Crippen molar-refractivity contribution in [1.29, 1.82) is 0 Å². The second kappa shape index (κ2) is 6.64. The molecule has 2 heterocycles. The molecule has 0 aliphatic carbocycles. The van der Waals surface area contributed by atoms with E-state index in [-0.39, 0.29) is 5.91 Å². The molecular formula is C13H19N3OS. The Morgan fingerprint density at radius 1 is 1.50 bits per heavy atom. The third-order valence-corrected chi connectivity index (χ3v) is 4.39. The molecule has 2 rings (SSSR count). The van der Waals surface area contributed by atoms with Crippen LogP contribution >= 0.6 is 11.8 Å². The summed E-state index contributed by atoms with van der Waals surface area (Å²) in [6.45, 7) is 0.776. The van der Waals surface area contributed by atoms with Gasteiger partial charge in [-0.3, -0.25) is 9.78 Å². The van der Waals surface area contributed by atoms with Crippen LogP contribution < -0.4 is 11.1 Å². The van der Waals surface area contributed by atoms with Gasteiger partial charge >= 0.3 is 0 Å². The Kier molecular flexibility index (Phi) is 4.87. The highest BCUT2D eigenvalue weighted by Gasteiger charge is 2.14. The topological polar surface area (TPSA) is 68.0 Å². The van der Waals surface area contributed by atoms with Gasteiger partial charge in [-0.2, -0.15) is 11.8 Å². The van der Waals surface area contributed by atoms with Crippen molar-refractivity contribution in [3.8, 4) is 0 Å². The van der Waals surface area contributed by atoms with Crippen molar-refractivity contribution in [2.24, 2.45) is 0 Å². The van der Waals surface area contributed by atoms with Gasteiger partial charge in [-0.25, -0.2) is 0 Å².